The Morgan fingerprint density at radius 3 is 2.41 bits per heavy atom. The first kappa shape index (κ1) is 12.0. The molecule has 2 fully saturated rings. The Hall–Kier alpha value is -1.46. The van der Waals surface area contributed by atoms with Gasteiger partial charge in [0.25, 0.3) is 0 Å². The largest absolute Gasteiger partial charge is 0.481 e. The average molecular weight is 240 g/mol. The zero-order valence-electron chi connectivity index (χ0n) is 10.2. The topological polar surface area (TPSA) is 92.8 Å². The van der Waals surface area contributed by atoms with Crippen molar-refractivity contribution in [2.24, 2.45) is 21.3 Å². The second kappa shape index (κ2) is 3.05. The highest BCUT2D eigenvalue weighted by atomic mass is 16.7. The molecule has 0 aliphatic heterocycles. The molecule has 2 saturated carbocycles. The first-order valence-electron chi connectivity index (χ1n) is 5.63. The summed E-state index contributed by atoms with van der Waals surface area (Å²) in [6.07, 6.45) is 1.42. The predicted octanol–water partition coefficient (Wildman–Crippen LogP) is 1.92. The molecule has 0 radical (unpaired) electrons. The molecule has 2 bridgehead atoms. The molecule has 6 nitrogen and oxygen atoms in total. The number of hydrogen-bond acceptors (Lipinski definition) is 3. The van der Waals surface area contributed by atoms with Crippen molar-refractivity contribution in [1.29, 1.82) is 0 Å². The number of aliphatic carboxylic acids is 1. The summed E-state index contributed by atoms with van der Waals surface area (Å²) in [6, 6.07) is 0. The Balaban J connectivity index is 2.58. The highest BCUT2D eigenvalue weighted by Crippen LogP contribution is 2.70. The Bertz CT molecular complexity index is 443. The van der Waals surface area contributed by atoms with Crippen LogP contribution in [-0.2, 0) is 4.79 Å². The number of fused-ring (bicyclic) bond motifs is 2. The van der Waals surface area contributed by atoms with E-state index in [-0.39, 0.29) is 6.42 Å². The van der Waals surface area contributed by atoms with Gasteiger partial charge in [0.2, 0.25) is 0 Å². The van der Waals surface area contributed by atoms with Crippen LogP contribution in [0.25, 0.3) is 0 Å². The zero-order chi connectivity index (χ0) is 13.1. The molecule has 1 N–H and O–H groups in total. The van der Waals surface area contributed by atoms with Gasteiger partial charge in [0.05, 0.1) is 16.2 Å². The molecule has 0 aromatic heterocycles. The van der Waals surface area contributed by atoms with Crippen LogP contribution in [0.3, 0.4) is 0 Å². The fourth-order valence-electron chi connectivity index (χ4n) is 3.61. The second-order valence-corrected chi connectivity index (χ2v) is 5.81. The number of hydrazone groups is 1. The normalized spacial score (nSPS) is 40.8. The minimum atomic E-state index is -0.892. The van der Waals surface area contributed by atoms with Crippen LogP contribution in [0.5, 0.6) is 0 Å². The molecule has 2 rings (SSSR count). The standard InChI is InChI=1S/C11H16N2O4/c1-9(2)10(3)4-5-11(9,8(14)15)6-7(10)12-13(16)17/h4-6H2,1-3H3,(H,14,15)/b12-7+. The molecule has 17 heavy (non-hydrogen) atoms. The van der Waals surface area contributed by atoms with Gasteiger partial charge >= 0.3 is 5.97 Å². The summed E-state index contributed by atoms with van der Waals surface area (Å²) in [5.74, 6) is -0.861. The van der Waals surface area contributed by atoms with Crippen LogP contribution >= 0.6 is 0 Å². The third kappa shape index (κ3) is 1.15. The Morgan fingerprint density at radius 2 is 2.00 bits per heavy atom. The first-order valence-corrected chi connectivity index (χ1v) is 5.63. The number of hydrogen-bond donors (Lipinski definition) is 1. The number of rotatable bonds is 2. The lowest BCUT2D eigenvalue weighted by Crippen LogP contribution is -2.40. The molecular formula is C11H16N2O4. The number of nitrogens with zero attached hydrogens (tertiary/aromatic N) is 2. The van der Waals surface area contributed by atoms with E-state index in [4.69, 9.17) is 0 Å². The van der Waals surface area contributed by atoms with Crippen molar-refractivity contribution in [3.63, 3.8) is 0 Å². The summed E-state index contributed by atoms with van der Waals surface area (Å²) < 4.78 is 0. The molecule has 2 unspecified atom stereocenters. The van der Waals surface area contributed by atoms with Crippen molar-refractivity contribution >= 4 is 11.7 Å². The van der Waals surface area contributed by atoms with Gasteiger partial charge in [-0.25, -0.2) is 10.1 Å². The van der Waals surface area contributed by atoms with Gasteiger partial charge in [0.1, 0.15) is 0 Å². The van der Waals surface area contributed by atoms with Crippen molar-refractivity contribution in [1.82, 2.24) is 0 Å². The monoisotopic (exact) mass is 240 g/mol. The molecule has 2 aliphatic carbocycles. The van der Waals surface area contributed by atoms with Gasteiger partial charge in [-0.05, 0) is 18.3 Å². The van der Waals surface area contributed by atoms with Crippen LogP contribution in [-0.4, -0.2) is 21.8 Å². The number of carboxylic acid groups (broad SMARTS) is 1. The maximum absolute atomic E-state index is 11.5. The smallest absolute Gasteiger partial charge is 0.310 e. The van der Waals surface area contributed by atoms with Crippen LogP contribution < -0.4 is 0 Å². The predicted molar refractivity (Wildman–Crippen MR) is 60.2 cm³/mol. The van der Waals surface area contributed by atoms with Crippen molar-refractivity contribution in [2.45, 2.75) is 40.0 Å². The minimum absolute atomic E-state index is 0.201. The molecule has 0 amide bonds. The van der Waals surface area contributed by atoms with Crippen LogP contribution in [0.15, 0.2) is 5.10 Å². The van der Waals surface area contributed by atoms with Gasteiger partial charge in [-0.1, -0.05) is 20.8 Å². The Labute approximate surface area is 98.9 Å². The van der Waals surface area contributed by atoms with E-state index in [2.05, 4.69) is 5.10 Å². The molecule has 0 aromatic carbocycles. The van der Waals surface area contributed by atoms with E-state index < -0.39 is 27.2 Å². The fraction of sp³-hybridized carbons (Fsp3) is 0.818. The van der Waals surface area contributed by atoms with E-state index in [1.165, 1.54) is 0 Å². The van der Waals surface area contributed by atoms with Crippen LogP contribution in [0.2, 0.25) is 0 Å². The van der Waals surface area contributed by atoms with E-state index in [0.717, 1.165) is 0 Å². The van der Waals surface area contributed by atoms with E-state index >= 15 is 0 Å². The Kier molecular flexibility index (Phi) is 2.16. The Morgan fingerprint density at radius 1 is 1.41 bits per heavy atom. The van der Waals surface area contributed by atoms with Gasteiger partial charge in [0, 0.05) is 11.8 Å². The third-order valence-corrected chi connectivity index (χ3v) is 5.35. The average Bonchev–Trinajstić information content (AvgIpc) is 2.47. The van der Waals surface area contributed by atoms with E-state index in [9.17, 15) is 20.0 Å². The third-order valence-electron chi connectivity index (χ3n) is 5.35. The van der Waals surface area contributed by atoms with Gasteiger partial charge in [-0.15, -0.1) is 0 Å². The molecule has 0 aromatic rings. The number of nitro groups is 1. The van der Waals surface area contributed by atoms with Crippen LogP contribution in [0, 0.1) is 26.4 Å². The highest BCUT2D eigenvalue weighted by molar-refractivity contribution is 6.00. The minimum Gasteiger partial charge on any atom is -0.481 e. The van der Waals surface area contributed by atoms with Gasteiger partial charge in [0.15, 0.2) is 5.03 Å². The zero-order valence-corrected chi connectivity index (χ0v) is 10.2. The quantitative estimate of drug-likeness (QED) is 0.589. The lowest BCUT2D eigenvalue weighted by molar-refractivity contribution is -0.485. The highest BCUT2D eigenvalue weighted by Gasteiger charge is 2.72. The molecular weight excluding hydrogens is 224 g/mol. The molecule has 2 atom stereocenters. The molecule has 94 valence electrons. The summed E-state index contributed by atoms with van der Waals surface area (Å²) in [5, 5.41) is 22.7. The van der Waals surface area contributed by atoms with Crippen LogP contribution in [0.1, 0.15) is 40.0 Å². The van der Waals surface area contributed by atoms with Crippen molar-refractivity contribution in [3.8, 4) is 0 Å². The molecule has 0 spiro atoms. The van der Waals surface area contributed by atoms with Gasteiger partial charge in [-0.3, -0.25) is 4.79 Å². The molecule has 0 saturated heterocycles. The van der Waals surface area contributed by atoms with E-state index in [1.807, 2.05) is 20.8 Å². The van der Waals surface area contributed by atoms with Gasteiger partial charge in [-0.2, -0.15) is 0 Å². The van der Waals surface area contributed by atoms with Crippen molar-refractivity contribution in [3.05, 3.63) is 10.1 Å². The van der Waals surface area contributed by atoms with Crippen LogP contribution in [0.4, 0.5) is 0 Å². The van der Waals surface area contributed by atoms with Crippen molar-refractivity contribution < 1.29 is 14.9 Å². The lowest BCUT2D eigenvalue weighted by atomic mass is 9.65. The van der Waals surface area contributed by atoms with E-state index in [0.29, 0.717) is 18.6 Å². The second-order valence-electron chi connectivity index (χ2n) is 5.81. The summed E-state index contributed by atoms with van der Waals surface area (Å²) in [6.45, 7) is 5.67. The van der Waals surface area contributed by atoms with Crippen molar-refractivity contribution in [2.75, 3.05) is 0 Å². The number of carbonyl (C=O) groups is 1. The van der Waals surface area contributed by atoms with E-state index in [1.54, 1.807) is 0 Å². The summed E-state index contributed by atoms with van der Waals surface area (Å²) in [5.41, 5.74) is -1.43. The maximum Gasteiger partial charge on any atom is 0.310 e. The molecule has 0 heterocycles. The molecule has 6 heteroatoms. The number of carboxylic acids is 1. The first-order chi connectivity index (χ1) is 7.67. The summed E-state index contributed by atoms with van der Waals surface area (Å²) >= 11 is 0. The van der Waals surface area contributed by atoms with Gasteiger partial charge < -0.3 is 5.11 Å². The lowest BCUT2D eigenvalue weighted by Gasteiger charge is -2.37. The SMILES string of the molecule is CC12CCC(C(=O)O)(C/C1=N\[N+](=O)[O-])C2(C)C. The fourth-order valence-corrected chi connectivity index (χ4v) is 3.61. The summed E-state index contributed by atoms with van der Waals surface area (Å²) in [7, 11) is 0. The summed E-state index contributed by atoms with van der Waals surface area (Å²) in [4.78, 5) is 22.1. The molecule has 2 aliphatic rings. The maximum atomic E-state index is 11.5.